The first-order valence-electron chi connectivity index (χ1n) is 15.4. The summed E-state index contributed by atoms with van der Waals surface area (Å²) < 4.78 is 11.0. The van der Waals surface area contributed by atoms with Gasteiger partial charge in [-0.25, -0.2) is 4.79 Å². The molecule has 1 aliphatic heterocycles. The molecule has 10 nitrogen and oxygen atoms in total. The number of likely N-dealkylation sites (tertiary alicyclic amines) is 1. The Morgan fingerprint density at radius 2 is 1.60 bits per heavy atom. The Balaban J connectivity index is 1.33. The van der Waals surface area contributed by atoms with Crippen LogP contribution in [0.5, 0.6) is 0 Å². The second-order valence-corrected chi connectivity index (χ2v) is 12.6. The van der Waals surface area contributed by atoms with Crippen molar-refractivity contribution in [3.05, 3.63) is 95.6 Å². The fourth-order valence-electron chi connectivity index (χ4n) is 5.53. The number of hydrogen-bond donors (Lipinski definition) is 2. The van der Waals surface area contributed by atoms with Crippen molar-refractivity contribution >= 4 is 28.7 Å². The molecule has 45 heavy (non-hydrogen) atoms. The summed E-state index contributed by atoms with van der Waals surface area (Å²) in [6, 6.07) is 22.4. The van der Waals surface area contributed by atoms with Crippen molar-refractivity contribution in [1.29, 1.82) is 0 Å². The smallest absolute Gasteiger partial charge is 0.410 e. The molecular formula is C35H41N5O5. The van der Waals surface area contributed by atoms with E-state index in [2.05, 4.69) is 20.8 Å². The second-order valence-electron chi connectivity index (χ2n) is 12.6. The van der Waals surface area contributed by atoms with Crippen LogP contribution in [0.25, 0.3) is 10.8 Å². The Morgan fingerprint density at radius 1 is 0.911 bits per heavy atom. The van der Waals surface area contributed by atoms with Gasteiger partial charge in [0.2, 0.25) is 17.7 Å². The van der Waals surface area contributed by atoms with E-state index >= 15 is 0 Å². The molecule has 0 bridgehead atoms. The molecular weight excluding hydrogens is 570 g/mol. The Hall–Kier alpha value is -4.73. The lowest BCUT2D eigenvalue weighted by Gasteiger charge is -2.33. The van der Waals surface area contributed by atoms with Crippen LogP contribution in [0.1, 0.15) is 62.5 Å². The molecule has 2 N–H and O–H groups in total. The normalized spacial score (nSPS) is 15.3. The quantitative estimate of drug-likeness (QED) is 0.263. The Labute approximate surface area is 263 Å². The first-order valence-corrected chi connectivity index (χ1v) is 15.4. The van der Waals surface area contributed by atoms with Crippen LogP contribution in [0.4, 0.5) is 4.79 Å². The van der Waals surface area contributed by atoms with Crippen LogP contribution < -0.4 is 10.6 Å². The van der Waals surface area contributed by atoms with E-state index in [4.69, 9.17) is 9.26 Å². The fourth-order valence-corrected chi connectivity index (χ4v) is 5.53. The average Bonchev–Trinajstić information content (AvgIpc) is 3.46. The number of nitrogens with one attached hydrogen (secondary N) is 2. The highest BCUT2D eigenvalue weighted by atomic mass is 16.6. The molecule has 0 unspecified atom stereocenters. The Morgan fingerprint density at radius 3 is 2.27 bits per heavy atom. The number of aromatic nitrogens is 2. The number of carbonyl (C=O) groups is 3. The average molecular weight is 612 g/mol. The first kappa shape index (κ1) is 31.7. The van der Waals surface area contributed by atoms with Gasteiger partial charge >= 0.3 is 6.09 Å². The van der Waals surface area contributed by atoms with Crippen molar-refractivity contribution in [2.75, 3.05) is 13.1 Å². The Kier molecular flexibility index (Phi) is 9.80. The molecule has 3 aromatic carbocycles. The number of aryl methyl sites for hydroxylation is 1. The number of hydrogen-bond acceptors (Lipinski definition) is 7. The molecule has 2 atom stereocenters. The van der Waals surface area contributed by atoms with Gasteiger partial charge in [-0.05, 0) is 62.4 Å². The van der Waals surface area contributed by atoms with E-state index in [-0.39, 0.29) is 23.8 Å². The standard InChI is InChI=1S/C35H41N5O5/c1-23-36-33(45-39-23)30(21-24-10-6-5-7-11-24)38-32(42)29(22-25-14-15-26-12-8-9-13-28(26)20-25)37-31(41)27-16-18-40(19-17-27)34(43)44-35(2,3)4/h5-15,20,27,29-30H,16-19,21-22H2,1-4H3,(H,37,41)(H,38,42)/t29-,30-/m1/s1. The third kappa shape index (κ3) is 8.68. The number of fused-ring (bicyclic) bond motifs is 1. The lowest BCUT2D eigenvalue weighted by atomic mass is 9.94. The number of rotatable bonds is 9. The highest BCUT2D eigenvalue weighted by Gasteiger charge is 2.33. The highest BCUT2D eigenvalue weighted by molar-refractivity contribution is 5.89. The summed E-state index contributed by atoms with van der Waals surface area (Å²) >= 11 is 0. The maximum Gasteiger partial charge on any atom is 0.410 e. The van der Waals surface area contributed by atoms with Crippen LogP contribution in [0, 0.1) is 12.8 Å². The van der Waals surface area contributed by atoms with Gasteiger partial charge in [0, 0.05) is 31.8 Å². The minimum Gasteiger partial charge on any atom is -0.444 e. The van der Waals surface area contributed by atoms with Gasteiger partial charge in [-0.2, -0.15) is 4.98 Å². The number of piperidine rings is 1. The van der Waals surface area contributed by atoms with E-state index in [0.717, 1.165) is 21.9 Å². The maximum absolute atomic E-state index is 14.0. The van der Waals surface area contributed by atoms with Crippen molar-refractivity contribution in [3.63, 3.8) is 0 Å². The summed E-state index contributed by atoms with van der Waals surface area (Å²) in [6.07, 6.45) is 1.31. The van der Waals surface area contributed by atoms with Crippen molar-refractivity contribution < 1.29 is 23.6 Å². The summed E-state index contributed by atoms with van der Waals surface area (Å²) in [4.78, 5) is 46.2. The number of nitrogens with zero attached hydrogens (tertiary/aromatic N) is 3. The first-order chi connectivity index (χ1) is 21.5. The molecule has 0 radical (unpaired) electrons. The monoisotopic (exact) mass is 611 g/mol. The van der Waals surface area contributed by atoms with Gasteiger partial charge in [-0.15, -0.1) is 0 Å². The van der Waals surface area contributed by atoms with Gasteiger partial charge in [0.25, 0.3) is 0 Å². The van der Waals surface area contributed by atoms with Gasteiger partial charge in [-0.1, -0.05) is 78.0 Å². The van der Waals surface area contributed by atoms with Crippen LogP contribution in [-0.2, 0) is 27.2 Å². The Bertz CT molecular complexity index is 1620. The van der Waals surface area contributed by atoms with E-state index in [1.807, 2.05) is 93.6 Å². The van der Waals surface area contributed by atoms with E-state index < -0.39 is 17.7 Å². The molecule has 2 heterocycles. The predicted molar refractivity (Wildman–Crippen MR) is 170 cm³/mol. The third-order valence-corrected chi connectivity index (χ3v) is 7.84. The molecule has 4 aromatic rings. The lowest BCUT2D eigenvalue weighted by molar-refractivity contribution is -0.132. The molecule has 1 fully saturated rings. The summed E-state index contributed by atoms with van der Waals surface area (Å²) in [5, 5.41) is 12.2. The largest absolute Gasteiger partial charge is 0.444 e. The van der Waals surface area contributed by atoms with Crippen LogP contribution in [0.3, 0.4) is 0 Å². The summed E-state index contributed by atoms with van der Waals surface area (Å²) in [5.41, 5.74) is 1.32. The van der Waals surface area contributed by atoms with Gasteiger partial charge in [0.1, 0.15) is 17.7 Å². The van der Waals surface area contributed by atoms with Gasteiger partial charge < -0.3 is 24.8 Å². The van der Waals surface area contributed by atoms with Crippen molar-refractivity contribution in [3.8, 4) is 0 Å². The van der Waals surface area contributed by atoms with E-state index in [0.29, 0.717) is 50.5 Å². The molecule has 0 spiro atoms. The fraction of sp³-hybridized carbons (Fsp3) is 0.400. The number of benzene rings is 3. The van der Waals surface area contributed by atoms with Crippen molar-refractivity contribution in [1.82, 2.24) is 25.7 Å². The molecule has 0 saturated carbocycles. The third-order valence-electron chi connectivity index (χ3n) is 7.84. The van der Waals surface area contributed by atoms with Gasteiger partial charge in [0.15, 0.2) is 5.82 Å². The molecule has 10 heteroatoms. The van der Waals surface area contributed by atoms with Crippen LogP contribution in [0.15, 0.2) is 77.3 Å². The van der Waals surface area contributed by atoms with Gasteiger partial charge in [-0.3, -0.25) is 9.59 Å². The summed E-state index contributed by atoms with van der Waals surface area (Å²) in [6.45, 7) is 8.03. The topological polar surface area (TPSA) is 127 Å². The molecule has 0 aliphatic carbocycles. The van der Waals surface area contributed by atoms with Crippen LogP contribution >= 0.6 is 0 Å². The minimum atomic E-state index is -0.857. The lowest BCUT2D eigenvalue weighted by Crippen LogP contribution is -2.52. The zero-order chi connectivity index (χ0) is 32.0. The van der Waals surface area contributed by atoms with E-state index in [1.165, 1.54) is 0 Å². The van der Waals surface area contributed by atoms with E-state index in [9.17, 15) is 14.4 Å². The van der Waals surface area contributed by atoms with Gasteiger partial charge in [0.05, 0.1) is 0 Å². The maximum atomic E-state index is 14.0. The SMILES string of the molecule is Cc1noc([C@@H](Cc2ccccc2)NC(=O)[C@@H](Cc2ccc3ccccc3c2)NC(=O)C2CCN(C(=O)OC(C)(C)C)CC2)n1. The molecule has 1 aliphatic rings. The van der Waals surface area contributed by atoms with Crippen molar-refractivity contribution in [2.24, 2.45) is 5.92 Å². The molecule has 3 amide bonds. The van der Waals surface area contributed by atoms with Crippen molar-refractivity contribution in [2.45, 2.75) is 71.1 Å². The predicted octanol–water partition coefficient (Wildman–Crippen LogP) is 5.31. The summed E-state index contributed by atoms with van der Waals surface area (Å²) in [5.74, 6) is -0.132. The van der Waals surface area contributed by atoms with Crippen LogP contribution in [-0.4, -0.2) is 57.7 Å². The molecule has 236 valence electrons. The number of ether oxygens (including phenoxy) is 1. The van der Waals surface area contributed by atoms with Crippen LogP contribution in [0.2, 0.25) is 0 Å². The highest BCUT2D eigenvalue weighted by Crippen LogP contribution is 2.22. The number of carbonyl (C=O) groups excluding carboxylic acids is 3. The summed E-state index contributed by atoms with van der Waals surface area (Å²) in [7, 11) is 0. The zero-order valence-electron chi connectivity index (χ0n) is 26.3. The minimum absolute atomic E-state index is 0.215. The molecule has 1 saturated heterocycles. The molecule has 5 rings (SSSR count). The van der Waals surface area contributed by atoms with E-state index in [1.54, 1.807) is 11.8 Å². The second kappa shape index (κ2) is 13.9. The molecule has 1 aromatic heterocycles. The zero-order valence-corrected chi connectivity index (χ0v) is 26.3. The number of amides is 3.